The van der Waals surface area contributed by atoms with E-state index in [0.717, 1.165) is 28.7 Å². The maximum atomic E-state index is 14.3. The van der Waals surface area contributed by atoms with Crippen molar-refractivity contribution in [3.63, 3.8) is 0 Å². The van der Waals surface area contributed by atoms with Gasteiger partial charge in [0, 0.05) is 98.5 Å². The first-order valence-electron chi connectivity index (χ1n) is 38.3. The number of hydrogen-bond donors (Lipinski definition) is 2. The molecule has 0 aliphatic carbocycles. The van der Waals surface area contributed by atoms with Crippen molar-refractivity contribution in [2.75, 3.05) is 82.8 Å². The number of pyridine rings is 3. The number of benzene rings is 7. The fourth-order valence-corrected chi connectivity index (χ4v) is 16.0. The first-order chi connectivity index (χ1) is 58.6. The zero-order chi connectivity index (χ0) is 86.2. The Balaban J connectivity index is 0.000000178. The minimum Gasteiger partial charge on any atom is -0.497 e. The second-order valence-corrected chi connectivity index (χ2v) is 30.0. The van der Waals surface area contributed by atoms with Gasteiger partial charge in [0.1, 0.15) is 83.0 Å². The van der Waals surface area contributed by atoms with Gasteiger partial charge in [0.25, 0.3) is 0 Å². The van der Waals surface area contributed by atoms with E-state index < -0.39 is 34.8 Å². The minimum absolute atomic E-state index is 0.00693. The molecule has 23 nitrogen and oxygen atoms in total. The van der Waals surface area contributed by atoms with Crippen LogP contribution in [0.2, 0.25) is 0 Å². The molecule has 29 heteroatoms. The van der Waals surface area contributed by atoms with E-state index in [1.165, 1.54) is 102 Å². The highest BCUT2D eigenvalue weighted by Gasteiger charge is 2.30. The van der Waals surface area contributed by atoms with Crippen LogP contribution in [-0.4, -0.2) is 141 Å². The van der Waals surface area contributed by atoms with Gasteiger partial charge < -0.3 is 67.1 Å². The predicted octanol–water partition coefficient (Wildman–Crippen LogP) is 18.6. The molecule has 12 aromatic rings. The molecule has 1 aliphatic heterocycles. The number of ketones is 4. The fourth-order valence-electron chi connectivity index (χ4n) is 12.9. The third-order valence-electron chi connectivity index (χ3n) is 19.1. The number of aliphatic hydroxyl groups is 2. The van der Waals surface area contributed by atoms with Crippen molar-refractivity contribution in [1.82, 2.24) is 15.0 Å². The summed E-state index contributed by atoms with van der Waals surface area (Å²) in [7, 11) is 8.92. The fraction of sp³-hybridized carbons (Fsp3) is 0.261. The Bertz CT molecular complexity index is 5760. The zero-order valence-corrected chi connectivity index (χ0v) is 70.1. The molecule has 13 rings (SSSR count). The lowest BCUT2D eigenvalue weighted by molar-refractivity contribution is -0.141. The third kappa shape index (κ3) is 22.4. The second kappa shape index (κ2) is 43.0. The number of thiophene rings is 2. The predicted molar refractivity (Wildman–Crippen MR) is 454 cm³/mol. The lowest BCUT2D eigenvalue weighted by Gasteiger charge is -2.15. The zero-order valence-electron chi connectivity index (χ0n) is 67.7. The summed E-state index contributed by atoms with van der Waals surface area (Å²) in [6, 6.07) is 46.4. The smallest absolute Gasteiger partial charge is 0.302 e. The molecule has 121 heavy (non-hydrogen) atoms. The van der Waals surface area contributed by atoms with E-state index in [1.54, 1.807) is 122 Å². The van der Waals surface area contributed by atoms with Crippen LogP contribution in [0.4, 0.5) is 13.2 Å². The highest BCUT2D eigenvalue weighted by Crippen LogP contribution is 2.44. The van der Waals surface area contributed by atoms with Crippen molar-refractivity contribution < 1.29 is 108 Å². The molecule has 0 radical (unpaired) electrons. The van der Waals surface area contributed by atoms with Gasteiger partial charge in [0.05, 0.1) is 118 Å². The van der Waals surface area contributed by atoms with Crippen molar-refractivity contribution in [2.45, 2.75) is 82.5 Å². The van der Waals surface area contributed by atoms with Crippen LogP contribution in [0, 0.1) is 17.5 Å². The van der Waals surface area contributed by atoms with Crippen molar-refractivity contribution in [1.29, 1.82) is 0 Å². The van der Waals surface area contributed by atoms with Crippen LogP contribution in [0.1, 0.15) is 141 Å². The largest absolute Gasteiger partial charge is 0.497 e. The molecule has 0 saturated carbocycles. The van der Waals surface area contributed by atoms with E-state index in [4.69, 9.17) is 56.8 Å². The van der Waals surface area contributed by atoms with E-state index in [0.29, 0.717) is 149 Å². The number of fused-ring (bicyclic) bond motifs is 3. The maximum Gasteiger partial charge on any atom is 0.302 e. The third-order valence-corrected chi connectivity index (χ3v) is 22.4. The summed E-state index contributed by atoms with van der Waals surface area (Å²) in [4.78, 5) is 76.4. The second-order valence-electron chi connectivity index (χ2n) is 27.0. The number of Topliss-reactive ketones (excluding diaryl/α,β-unsaturated/α-hetero) is 4. The van der Waals surface area contributed by atoms with Gasteiger partial charge in [-0.3, -0.25) is 24.0 Å². The number of methoxy groups -OCH3 is 7. The minimum atomic E-state index is -1.69. The van der Waals surface area contributed by atoms with Crippen LogP contribution in [0.5, 0.6) is 57.5 Å². The summed E-state index contributed by atoms with van der Waals surface area (Å²) in [5.74, 6) is 2.41. The summed E-state index contributed by atoms with van der Waals surface area (Å²) in [5.41, 5.74) is 6.75. The molecule has 0 fully saturated rings. The molecule has 7 aromatic carbocycles. The normalized spacial score (nSPS) is 12.4. The summed E-state index contributed by atoms with van der Waals surface area (Å²) in [5, 5.41) is 28.3. The Morgan fingerprint density at radius 1 is 0.438 bits per heavy atom. The van der Waals surface area contributed by atoms with Gasteiger partial charge in [-0.05, 0) is 146 Å². The first kappa shape index (κ1) is 89.4. The molecule has 6 heterocycles. The number of aliphatic hydroxyl groups excluding tert-OH is 2. The van der Waals surface area contributed by atoms with E-state index in [2.05, 4.69) is 15.0 Å². The highest BCUT2D eigenvalue weighted by molar-refractivity contribution is 7.88. The van der Waals surface area contributed by atoms with Crippen LogP contribution in [0.25, 0.3) is 48.3 Å². The number of carbonyl (C=O) groups is 5. The maximum absolute atomic E-state index is 14.3. The molecule has 0 saturated heterocycles. The monoisotopic (exact) mass is 1710 g/mol. The number of aromatic nitrogens is 3. The summed E-state index contributed by atoms with van der Waals surface area (Å²) in [6.07, 6.45) is -0.882. The standard InChI is InChI=1S/C35H34FNO7S.C29H28FNO8S.C28H26FNO5S/c1-40-24-10-7-22(8-11-24)20-43-17-18-44-31-15-9-23(19-33(31)42-3)29(38)13-14-30(39)28-12-16-32(41-2)34(37-28)26-21-45-35-25(26)5-4-6-27(35)36;1-17(32)38-13-14-39-25-11-7-18(15-27(25)37-3)23(33)9-10-24(34)22-8-12-26(36-2)28(31-22)20-16-40(35)29-19(20)5-4-6-21(29)30;1-4-14-35-24-12-8-17(15-26(24)34-3)22(31)10-11-23(32)21-9-13-25(33-2)27(30-21)19-16-36-28-18(19)6-5-7-20(28)29/h4-12,15-16,19,21,30,39H,13-14,17-18,20H2,1-3H3;4-8,11-12,15-16,24,34H,9-10,13-14H2,1-3H3;5-9,12-13,15-16H,4,10-11,14H2,1-3H3. The van der Waals surface area contributed by atoms with Gasteiger partial charge in [-0.2, -0.15) is 0 Å². The van der Waals surface area contributed by atoms with Crippen molar-refractivity contribution >= 4 is 88.3 Å². The number of halogens is 3. The Hall–Kier alpha value is -12.4. The summed E-state index contributed by atoms with van der Waals surface area (Å²) < 4.78 is 122. The number of rotatable bonds is 38. The van der Waals surface area contributed by atoms with Crippen LogP contribution < -0.4 is 47.4 Å². The molecule has 1 aliphatic rings. The summed E-state index contributed by atoms with van der Waals surface area (Å²) in [6.45, 7) is 5.18. The number of carbonyl (C=O) groups excluding carboxylic acids is 5. The number of hydrogen-bond acceptors (Lipinski definition) is 25. The summed E-state index contributed by atoms with van der Waals surface area (Å²) >= 11 is 2.55. The average Bonchev–Trinajstić information content (AvgIpc) is 1.67. The van der Waals surface area contributed by atoms with Crippen molar-refractivity contribution in [2.24, 2.45) is 0 Å². The lowest BCUT2D eigenvalue weighted by atomic mass is 10.0. The number of ether oxygens (including phenoxy) is 12. The van der Waals surface area contributed by atoms with Gasteiger partial charge in [-0.1, -0.05) is 55.5 Å². The molecule has 2 N–H and O–H groups in total. The molecule has 630 valence electrons. The molecular formula is C92H88F3N3O20S3. The highest BCUT2D eigenvalue weighted by atomic mass is 32.2. The van der Waals surface area contributed by atoms with Gasteiger partial charge in [0.15, 0.2) is 57.6 Å². The molecular weight excluding hydrogens is 1620 g/mol. The number of nitrogens with zero attached hydrogens (tertiary/aromatic N) is 3. The Morgan fingerprint density at radius 2 is 0.876 bits per heavy atom. The van der Waals surface area contributed by atoms with Crippen molar-refractivity contribution in [3.8, 4) is 80.0 Å². The van der Waals surface area contributed by atoms with Gasteiger partial charge >= 0.3 is 5.97 Å². The van der Waals surface area contributed by atoms with Gasteiger partial charge in [-0.25, -0.2) is 32.3 Å². The first-order valence-corrected chi connectivity index (χ1v) is 41.2. The molecule has 0 spiro atoms. The SMILES string of the molecule is CCCOc1ccc(C(=O)CCC(=O)c2ccc(OC)c(-c3csc4c(F)cccc34)n2)cc1OC.COc1cc(C(=O)CCC(O)c2ccc(OC)c(C3=CS(=O)c4c(F)cccc43)n2)ccc1OCCOC(C)=O.COc1ccc(COCCOc2ccc(C(=O)CCC(O)c3ccc(OC)c(-c4csc5c(F)cccc45)n3)cc2OC)cc1. The molecule has 3 atom stereocenters. The van der Waals surface area contributed by atoms with E-state index in [-0.39, 0.29) is 103 Å². The molecule has 5 aromatic heterocycles. The van der Waals surface area contributed by atoms with Crippen LogP contribution in [0.15, 0.2) is 191 Å². The quantitative estimate of drug-likeness (QED) is 0.0206. The lowest BCUT2D eigenvalue weighted by Crippen LogP contribution is -2.10. The van der Waals surface area contributed by atoms with Crippen LogP contribution in [0.3, 0.4) is 0 Å². The topological polar surface area (TPSA) is 292 Å². The van der Waals surface area contributed by atoms with Crippen molar-refractivity contribution in [3.05, 3.63) is 254 Å². The van der Waals surface area contributed by atoms with Crippen LogP contribution >= 0.6 is 22.7 Å². The van der Waals surface area contributed by atoms with E-state index in [1.807, 2.05) is 48.7 Å². The average molecular weight is 1710 g/mol. The number of esters is 1. The molecule has 0 amide bonds. The van der Waals surface area contributed by atoms with E-state index >= 15 is 0 Å². The van der Waals surface area contributed by atoms with Gasteiger partial charge in [-0.15, -0.1) is 22.7 Å². The van der Waals surface area contributed by atoms with E-state index in [9.17, 15) is 51.6 Å². The van der Waals surface area contributed by atoms with Crippen LogP contribution in [-0.2, 0) is 31.7 Å². The van der Waals surface area contributed by atoms with Gasteiger partial charge in [0.2, 0.25) is 0 Å². The molecule has 3 unspecified atom stereocenters. The Morgan fingerprint density at radius 3 is 1.37 bits per heavy atom. The Labute approximate surface area is 707 Å². The molecule has 0 bridgehead atoms. The Kier molecular flexibility index (Phi) is 31.8.